The summed E-state index contributed by atoms with van der Waals surface area (Å²) in [4.78, 5) is 14.9. The van der Waals surface area contributed by atoms with Gasteiger partial charge in [-0.15, -0.1) is 0 Å². The fraction of sp³-hybridized carbons (Fsp3) is 0.706. The second-order valence-corrected chi connectivity index (χ2v) is 6.58. The van der Waals surface area contributed by atoms with Crippen LogP contribution in [0, 0.1) is 26.7 Å². The Labute approximate surface area is 126 Å². The number of hydrogen-bond donors (Lipinski definition) is 1. The summed E-state index contributed by atoms with van der Waals surface area (Å²) in [6.07, 6.45) is 4.81. The molecule has 0 bridgehead atoms. The molecular formula is C17H25NO3. The summed E-state index contributed by atoms with van der Waals surface area (Å²) in [5, 5.41) is 10.2. The van der Waals surface area contributed by atoms with Crippen LogP contribution in [0.4, 0.5) is 0 Å². The van der Waals surface area contributed by atoms with E-state index in [0.29, 0.717) is 5.76 Å². The highest BCUT2D eigenvalue weighted by molar-refractivity contribution is 5.97. The normalized spacial score (nSPS) is 29.3. The van der Waals surface area contributed by atoms with E-state index < -0.39 is 0 Å². The summed E-state index contributed by atoms with van der Waals surface area (Å²) in [5.74, 6) is 1.88. The number of furan rings is 1. The molecule has 21 heavy (non-hydrogen) atoms. The number of aliphatic hydroxyl groups excluding tert-OH is 1. The number of hydrogen-bond acceptors (Lipinski definition) is 3. The van der Waals surface area contributed by atoms with Crippen LogP contribution in [0.1, 0.15) is 59.5 Å². The first-order valence-electron chi connectivity index (χ1n) is 8.06. The quantitative estimate of drug-likeness (QED) is 0.911. The standard InChI is InChI=1S/C17H25NO3/c1-10-11(2)21-12(3)16(10)17(20)18-9-5-7-14(18)13-6-4-8-15(13)19/h13-15,19H,4-9H2,1-3H3. The first kappa shape index (κ1) is 14.6. The van der Waals surface area contributed by atoms with Gasteiger partial charge in [0.25, 0.3) is 5.91 Å². The summed E-state index contributed by atoms with van der Waals surface area (Å²) in [7, 11) is 0. The maximum absolute atomic E-state index is 13.0. The van der Waals surface area contributed by atoms with Crippen LogP contribution in [0.2, 0.25) is 0 Å². The summed E-state index contributed by atoms with van der Waals surface area (Å²) in [6.45, 7) is 6.52. The fourth-order valence-electron chi connectivity index (χ4n) is 4.16. The van der Waals surface area contributed by atoms with Gasteiger partial charge in [0.2, 0.25) is 0 Å². The van der Waals surface area contributed by atoms with E-state index in [1.807, 2.05) is 25.7 Å². The van der Waals surface area contributed by atoms with Gasteiger partial charge in [0.15, 0.2) is 0 Å². The zero-order valence-electron chi connectivity index (χ0n) is 13.2. The van der Waals surface area contributed by atoms with Crippen molar-refractivity contribution in [1.29, 1.82) is 0 Å². The molecule has 0 aromatic carbocycles. The smallest absolute Gasteiger partial charge is 0.257 e. The van der Waals surface area contributed by atoms with E-state index in [0.717, 1.165) is 55.5 Å². The first-order chi connectivity index (χ1) is 10.0. The van der Waals surface area contributed by atoms with Crippen molar-refractivity contribution in [2.75, 3.05) is 6.54 Å². The molecule has 2 heterocycles. The predicted octanol–water partition coefficient (Wildman–Crippen LogP) is 2.97. The number of aryl methyl sites for hydroxylation is 2. The Morgan fingerprint density at radius 3 is 2.48 bits per heavy atom. The first-order valence-corrected chi connectivity index (χ1v) is 8.06. The van der Waals surface area contributed by atoms with Crippen LogP contribution >= 0.6 is 0 Å². The Morgan fingerprint density at radius 1 is 1.14 bits per heavy atom. The molecule has 1 aliphatic heterocycles. The van der Waals surface area contributed by atoms with Gasteiger partial charge in [-0.1, -0.05) is 6.42 Å². The number of carbonyl (C=O) groups excluding carboxylic acids is 1. The van der Waals surface area contributed by atoms with E-state index in [-0.39, 0.29) is 24.0 Å². The van der Waals surface area contributed by atoms with Crippen LogP contribution in [0.3, 0.4) is 0 Å². The van der Waals surface area contributed by atoms with Crippen molar-refractivity contribution in [3.63, 3.8) is 0 Å². The van der Waals surface area contributed by atoms with Gasteiger partial charge in [-0.05, 0) is 46.5 Å². The lowest BCUT2D eigenvalue weighted by Crippen LogP contribution is -2.42. The molecule has 116 valence electrons. The number of carbonyl (C=O) groups is 1. The molecule has 0 spiro atoms. The molecule has 1 saturated heterocycles. The van der Waals surface area contributed by atoms with Crippen LogP contribution in [0.5, 0.6) is 0 Å². The second kappa shape index (κ2) is 5.48. The molecule has 3 unspecified atom stereocenters. The third-order valence-corrected chi connectivity index (χ3v) is 5.36. The van der Waals surface area contributed by atoms with E-state index in [2.05, 4.69) is 0 Å². The molecule has 1 aliphatic carbocycles. The summed E-state index contributed by atoms with van der Waals surface area (Å²) >= 11 is 0. The van der Waals surface area contributed by atoms with Gasteiger partial charge in [0.1, 0.15) is 11.5 Å². The molecule has 1 amide bonds. The van der Waals surface area contributed by atoms with Crippen molar-refractivity contribution in [1.82, 2.24) is 4.90 Å². The maximum Gasteiger partial charge on any atom is 0.257 e. The highest BCUT2D eigenvalue weighted by Gasteiger charge is 2.41. The number of aliphatic hydroxyl groups is 1. The topological polar surface area (TPSA) is 53.7 Å². The monoisotopic (exact) mass is 291 g/mol. The van der Waals surface area contributed by atoms with Gasteiger partial charge < -0.3 is 14.4 Å². The van der Waals surface area contributed by atoms with E-state index in [9.17, 15) is 9.90 Å². The van der Waals surface area contributed by atoms with Crippen LogP contribution in [0.25, 0.3) is 0 Å². The van der Waals surface area contributed by atoms with E-state index >= 15 is 0 Å². The fourth-order valence-corrected chi connectivity index (χ4v) is 4.16. The van der Waals surface area contributed by atoms with Gasteiger partial charge in [0.05, 0.1) is 11.7 Å². The van der Waals surface area contributed by atoms with Crippen molar-refractivity contribution < 1.29 is 14.3 Å². The molecule has 3 rings (SSSR count). The number of rotatable bonds is 2. The minimum Gasteiger partial charge on any atom is -0.466 e. The minimum absolute atomic E-state index is 0.0865. The van der Waals surface area contributed by atoms with E-state index in [4.69, 9.17) is 4.42 Å². The molecule has 2 aliphatic rings. The van der Waals surface area contributed by atoms with Crippen molar-refractivity contribution >= 4 is 5.91 Å². The van der Waals surface area contributed by atoms with Crippen LogP contribution in [-0.2, 0) is 0 Å². The SMILES string of the molecule is Cc1oc(C)c(C(=O)N2CCCC2C2CCCC2O)c1C. The van der Waals surface area contributed by atoms with Gasteiger partial charge in [-0.25, -0.2) is 0 Å². The molecule has 3 atom stereocenters. The molecule has 4 nitrogen and oxygen atoms in total. The molecule has 1 aromatic heterocycles. The third-order valence-electron chi connectivity index (χ3n) is 5.36. The Bertz CT molecular complexity index is 548. The van der Waals surface area contributed by atoms with Crippen LogP contribution < -0.4 is 0 Å². The predicted molar refractivity (Wildman–Crippen MR) is 80.3 cm³/mol. The van der Waals surface area contributed by atoms with Crippen molar-refractivity contribution in [3.8, 4) is 0 Å². The van der Waals surface area contributed by atoms with Gasteiger partial charge in [0, 0.05) is 24.1 Å². The summed E-state index contributed by atoms with van der Waals surface area (Å²) in [6, 6.07) is 0.198. The zero-order chi connectivity index (χ0) is 15.1. The van der Waals surface area contributed by atoms with Crippen molar-refractivity contribution in [2.45, 2.75) is 65.0 Å². The van der Waals surface area contributed by atoms with Gasteiger partial charge in [-0.3, -0.25) is 4.79 Å². The Kier molecular flexibility index (Phi) is 3.82. The van der Waals surface area contributed by atoms with E-state index in [1.165, 1.54) is 0 Å². The highest BCUT2D eigenvalue weighted by atomic mass is 16.3. The number of amides is 1. The lowest BCUT2D eigenvalue weighted by Gasteiger charge is -2.31. The summed E-state index contributed by atoms with van der Waals surface area (Å²) < 4.78 is 5.61. The molecule has 0 radical (unpaired) electrons. The number of likely N-dealkylation sites (tertiary alicyclic amines) is 1. The van der Waals surface area contributed by atoms with Gasteiger partial charge in [-0.2, -0.15) is 0 Å². The minimum atomic E-state index is -0.239. The molecule has 1 N–H and O–H groups in total. The lowest BCUT2D eigenvalue weighted by atomic mass is 9.93. The molecular weight excluding hydrogens is 266 g/mol. The number of nitrogens with zero attached hydrogens (tertiary/aromatic N) is 1. The molecule has 1 saturated carbocycles. The van der Waals surface area contributed by atoms with Crippen molar-refractivity contribution in [2.24, 2.45) is 5.92 Å². The highest BCUT2D eigenvalue weighted by Crippen LogP contribution is 2.37. The van der Waals surface area contributed by atoms with Crippen molar-refractivity contribution in [3.05, 3.63) is 22.6 Å². The molecule has 1 aromatic rings. The summed E-state index contributed by atoms with van der Waals surface area (Å²) in [5.41, 5.74) is 1.68. The van der Waals surface area contributed by atoms with Crippen LogP contribution in [-0.4, -0.2) is 34.6 Å². The maximum atomic E-state index is 13.0. The second-order valence-electron chi connectivity index (χ2n) is 6.58. The Balaban J connectivity index is 1.86. The molecule has 4 heteroatoms. The van der Waals surface area contributed by atoms with Gasteiger partial charge >= 0.3 is 0 Å². The van der Waals surface area contributed by atoms with E-state index in [1.54, 1.807) is 0 Å². The molecule has 2 fully saturated rings. The largest absolute Gasteiger partial charge is 0.466 e. The average molecular weight is 291 g/mol. The Hall–Kier alpha value is -1.29. The Morgan fingerprint density at radius 2 is 1.90 bits per heavy atom. The third kappa shape index (κ3) is 2.39. The lowest BCUT2D eigenvalue weighted by molar-refractivity contribution is 0.0526. The van der Waals surface area contributed by atoms with Crippen LogP contribution in [0.15, 0.2) is 4.42 Å². The average Bonchev–Trinajstić information content (AvgIpc) is 3.10. The zero-order valence-corrected chi connectivity index (χ0v) is 13.2.